The van der Waals surface area contributed by atoms with Crippen molar-refractivity contribution in [1.29, 1.82) is 0 Å². The summed E-state index contributed by atoms with van der Waals surface area (Å²) >= 11 is 6.25. The molecule has 0 saturated heterocycles. The largest absolute Gasteiger partial charge is 0.454 e. The summed E-state index contributed by atoms with van der Waals surface area (Å²) in [5.74, 6) is -0.200. The van der Waals surface area contributed by atoms with Crippen LogP contribution in [-0.4, -0.2) is 56.8 Å². The molecule has 3 aromatic rings. The SMILES string of the molecule is CCCNC(=O)C(Cc1ccccc1)N(Cc1cccc(Cl)c1)C(=O)CN(c1ccc2c(c1)OCO2)S(=O)(=O)CC. The molecule has 9 nitrogen and oxygen atoms in total. The minimum Gasteiger partial charge on any atom is -0.454 e. The predicted molar refractivity (Wildman–Crippen MR) is 159 cm³/mol. The number of carbonyl (C=O) groups excluding carboxylic acids is 2. The molecule has 4 rings (SSSR count). The number of benzene rings is 3. The third-order valence-corrected chi connectivity index (χ3v) is 8.66. The number of rotatable bonds is 13. The Morgan fingerprint density at radius 1 is 0.951 bits per heavy atom. The number of ether oxygens (including phenoxy) is 2. The second kappa shape index (κ2) is 13.7. The van der Waals surface area contributed by atoms with Gasteiger partial charge in [-0.25, -0.2) is 8.42 Å². The van der Waals surface area contributed by atoms with Crippen LogP contribution in [0, 0.1) is 0 Å². The first-order chi connectivity index (χ1) is 19.7. The van der Waals surface area contributed by atoms with Gasteiger partial charge in [0.2, 0.25) is 28.6 Å². The van der Waals surface area contributed by atoms with E-state index in [1.165, 1.54) is 11.8 Å². The van der Waals surface area contributed by atoms with Crippen molar-refractivity contribution in [2.24, 2.45) is 0 Å². The number of amides is 2. The second-order valence-electron chi connectivity index (χ2n) is 9.59. The molecule has 0 radical (unpaired) electrons. The average Bonchev–Trinajstić information content (AvgIpc) is 3.45. The molecule has 218 valence electrons. The fourth-order valence-electron chi connectivity index (χ4n) is 4.51. The summed E-state index contributed by atoms with van der Waals surface area (Å²) < 4.78 is 38.4. The van der Waals surface area contributed by atoms with E-state index in [2.05, 4.69) is 5.32 Å². The fraction of sp³-hybridized carbons (Fsp3) is 0.333. The Morgan fingerprint density at radius 2 is 1.68 bits per heavy atom. The van der Waals surface area contributed by atoms with Crippen LogP contribution in [0.2, 0.25) is 5.02 Å². The van der Waals surface area contributed by atoms with Gasteiger partial charge in [0.1, 0.15) is 12.6 Å². The van der Waals surface area contributed by atoms with Gasteiger partial charge in [0.15, 0.2) is 11.5 Å². The molecule has 41 heavy (non-hydrogen) atoms. The molecule has 0 aliphatic carbocycles. The number of hydrogen-bond acceptors (Lipinski definition) is 6. The van der Waals surface area contributed by atoms with Gasteiger partial charge < -0.3 is 19.7 Å². The zero-order valence-corrected chi connectivity index (χ0v) is 24.7. The van der Waals surface area contributed by atoms with Crippen LogP contribution in [0.3, 0.4) is 0 Å². The molecule has 1 aliphatic rings. The zero-order valence-electron chi connectivity index (χ0n) is 23.1. The Kier molecular flexibility index (Phi) is 10.1. The number of hydrogen-bond donors (Lipinski definition) is 1. The van der Waals surface area contributed by atoms with E-state index in [1.807, 2.05) is 43.3 Å². The Balaban J connectivity index is 1.73. The van der Waals surface area contributed by atoms with Crippen molar-refractivity contribution in [3.63, 3.8) is 0 Å². The van der Waals surface area contributed by atoms with Gasteiger partial charge in [0, 0.05) is 30.6 Å². The highest BCUT2D eigenvalue weighted by molar-refractivity contribution is 7.92. The van der Waals surface area contributed by atoms with Gasteiger partial charge in [-0.3, -0.25) is 13.9 Å². The van der Waals surface area contributed by atoms with Crippen LogP contribution in [0.4, 0.5) is 5.69 Å². The zero-order chi connectivity index (χ0) is 29.4. The summed E-state index contributed by atoms with van der Waals surface area (Å²) in [6.45, 7) is 3.47. The number of fused-ring (bicyclic) bond motifs is 1. The summed E-state index contributed by atoms with van der Waals surface area (Å²) in [4.78, 5) is 29.2. The molecule has 1 heterocycles. The number of sulfonamides is 1. The van der Waals surface area contributed by atoms with Crippen molar-refractivity contribution in [2.45, 2.75) is 39.3 Å². The molecule has 0 bridgehead atoms. The monoisotopic (exact) mass is 599 g/mol. The number of nitrogens with one attached hydrogen (secondary N) is 1. The lowest BCUT2D eigenvalue weighted by atomic mass is 10.0. The van der Waals surface area contributed by atoms with Gasteiger partial charge in [0.25, 0.3) is 0 Å². The first-order valence-electron chi connectivity index (χ1n) is 13.5. The quantitative estimate of drug-likeness (QED) is 0.312. The summed E-state index contributed by atoms with van der Waals surface area (Å²) in [5, 5.41) is 3.41. The van der Waals surface area contributed by atoms with Crippen molar-refractivity contribution in [2.75, 3.05) is 29.9 Å². The van der Waals surface area contributed by atoms with Gasteiger partial charge in [0.05, 0.1) is 11.4 Å². The van der Waals surface area contributed by atoms with Crippen LogP contribution in [0.15, 0.2) is 72.8 Å². The van der Waals surface area contributed by atoms with Crippen LogP contribution >= 0.6 is 11.6 Å². The molecule has 3 aromatic carbocycles. The highest BCUT2D eigenvalue weighted by Gasteiger charge is 2.34. The third kappa shape index (κ3) is 7.71. The van der Waals surface area contributed by atoms with Crippen molar-refractivity contribution in [3.8, 4) is 11.5 Å². The summed E-state index contributed by atoms with van der Waals surface area (Å²) in [6, 6.07) is 20.3. The van der Waals surface area contributed by atoms with E-state index in [-0.39, 0.29) is 37.1 Å². The summed E-state index contributed by atoms with van der Waals surface area (Å²) in [5.41, 5.74) is 1.84. The van der Waals surface area contributed by atoms with Crippen LogP contribution in [0.1, 0.15) is 31.4 Å². The van der Waals surface area contributed by atoms with Crippen LogP contribution in [0.25, 0.3) is 0 Å². The fourth-order valence-corrected chi connectivity index (χ4v) is 5.78. The van der Waals surface area contributed by atoms with Crippen molar-refractivity contribution in [3.05, 3.63) is 88.9 Å². The first-order valence-corrected chi connectivity index (χ1v) is 15.5. The van der Waals surface area contributed by atoms with E-state index in [0.29, 0.717) is 28.6 Å². The molecule has 1 aliphatic heterocycles. The van der Waals surface area contributed by atoms with Gasteiger partial charge >= 0.3 is 0 Å². The number of halogens is 1. The van der Waals surface area contributed by atoms with Crippen molar-refractivity contribution in [1.82, 2.24) is 10.2 Å². The van der Waals surface area contributed by atoms with E-state index in [9.17, 15) is 18.0 Å². The standard InChI is InChI=1S/C30H34ClN3O6S/c1-3-15-32-30(36)26(17-22-9-6-5-7-10-22)33(19-23-11-8-12-24(31)16-23)29(35)20-34(41(37,38)4-2)25-13-14-27-28(18-25)40-21-39-27/h5-14,16,18,26H,3-4,15,17,19-21H2,1-2H3,(H,32,36). The first kappa shape index (κ1) is 30.2. The smallest absolute Gasteiger partial charge is 0.244 e. The lowest BCUT2D eigenvalue weighted by Crippen LogP contribution is -2.53. The van der Waals surface area contributed by atoms with Gasteiger partial charge in [-0.05, 0) is 48.7 Å². The second-order valence-corrected chi connectivity index (χ2v) is 12.2. The molecule has 0 fully saturated rings. The number of carbonyl (C=O) groups is 2. The number of anilines is 1. The molecule has 0 spiro atoms. The minimum absolute atomic E-state index is 0.0275. The molecule has 0 aromatic heterocycles. The molecule has 1 unspecified atom stereocenters. The summed E-state index contributed by atoms with van der Waals surface area (Å²) in [6.07, 6.45) is 0.964. The van der Waals surface area contributed by atoms with E-state index >= 15 is 0 Å². The predicted octanol–water partition coefficient (Wildman–Crippen LogP) is 4.39. The highest BCUT2D eigenvalue weighted by atomic mass is 35.5. The van der Waals surface area contributed by atoms with Gasteiger partial charge in [-0.15, -0.1) is 0 Å². The maximum atomic E-state index is 14.2. The third-order valence-electron chi connectivity index (χ3n) is 6.69. The topological polar surface area (TPSA) is 105 Å². The average molecular weight is 600 g/mol. The maximum absolute atomic E-state index is 14.2. The Morgan fingerprint density at radius 3 is 2.39 bits per heavy atom. The van der Waals surface area contributed by atoms with E-state index in [0.717, 1.165) is 16.3 Å². The van der Waals surface area contributed by atoms with Gasteiger partial charge in [-0.1, -0.05) is 61.0 Å². The van der Waals surface area contributed by atoms with E-state index < -0.39 is 28.5 Å². The maximum Gasteiger partial charge on any atom is 0.244 e. The molecule has 0 saturated carbocycles. The molecular weight excluding hydrogens is 566 g/mol. The van der Waals surface area contributed by atoms with Crippen LogP contribution in [-0.2, 0) is 32.6 Å². The molecule has 1 N–H and O–H groups in total. The highest BCUT2D eigenvalue weighted by Crippen LogP contribution is 2.36. The molecular formula is C30H34ClN3O6S. The minimum atomic E-state index is -3.89. The Bertz CT molecular complexity index is 1470. The Hall–Kier alpha value is -3.76. The summed E-state index contributed by atoms with van der Waals surface area (Å²) in [7, 11) is -3.89. The van der Waals surface area contributed by atoms with Gasteiger partial charge in [-0.2, -0.15) is 0 Å². The van der Waals surface area contributed by atoms with Crippen molar-refractivity contribution >= 4 is 39.1 Å². The lowest BCUT2D eigenvalue weighted by Gasteiger charge is -2.33. The molecule has 2 amide bonds. The van der Waals surface area contributed by atoms with Crippen LogP contribution < -0.4 is 19.1 Å². The van der Waals surface area contributed by atoms with E-state index in [1.54, 1.807) is 36.4 Å². The van der Waals surface area contributed by atoms with E-state index in [4.69, 9.17) is 21.1 Å². The number of nitrogens with zero attached hydrogens (tertiary/aromatic N) is 2. The molecule has 11 heteroatoms. The molecule has 1 atom stereocenters. The van der Waals surface area contributed by atoms with Crippen molar-refractivity contribution < 1.29 is 27.5 Å². The van der Waals surface area contributed by atoms with Crippen LogP contribution in [0.5, 0.6) is 11.5 Å². The lowest BCUT2D eigenvalue weighted by molar-refractivity contribution is -0.140. The Labute approximate surface area is 246 Å². The normalized spacial score (nSPS) is 13.0.